The molecule has 2 bridgehead atoms. The van der Waals surface area contributed by atoms with Crippen molar-refractivity contribution in [1.29, 1.82) is 0 Å². The molecule has 0 aromatic heterocycles. The van der Waals surface area contributed by atoms with Gasteiger partial charge in [0.25, 0.3) is 0 Å². The number of para-hydroxylation sites is 1. The zero-order valence-corrected chi connectivity index (χ0v) is 11.1. The number of likely N-dealkylation sites (tertiary alicyclic amines) is 1. The van der Waals surface area contributed by atoms with E-state index in [1.807, 2.05) is 30.1 Å². The Bertz CT molecular complexity index is 499. The third-order valence-corrected chi connectivity index (χ3v) is 4.76. The Morgan fingerprint density at radius 1 is 1.44 bits per heavy atom. The highest BCUT2D eigenvalue weighted by molar-refractivity contribution is 5.79. The molecule has 0 N–H and O–H groups in total. The molecule has 1 saturated heterocycles. The number of ether oxygens (including phenoxy) is 1. The van der Waals surface area contributed by atoms with E-state index in [-0.39, 0.29) is 5.91 Å². The molecule has 3 atom stereocenters. The smallest absolute Gasteiger partial charge is 0.226 e. The van der Waals surface area contributed by atoms with Gasteiger partial charge in [0, 0.05) is 31.7 Å². The van der Waals surface area contributed by atoms with Gasteiger partial charge in [-0.25, -0.2) is 0 Å². The lowest BCUT2D eigenvalue weighted by Gasteiger charge is -2.54. The normalized spacial score (nSPS) is 33.9. The summed E-state index contributed by atoms with van der Waals surface area (Å²) in [6.45, 7) is 4.30. The summed E-state index contributed by atoms with van der Waals surface area (Å²) in [5, 5.41) is 0. The predicted molar refractivity (Wildman–Crippen MR) is 69.4 cm³/mol. The van der Waals surface area contributed by atoms with Crippen LogP contribution < -0.4 is 4.74 Å². The van der Waals surface area contributed by atoms with Gasteiger partial charge in [-0.3, -0.25) is 4.79 Å². The Balaban J connectivity index is 2.17. The Morgan fingerprint density at radius 3 is 2.89 bits per heavy atom. The average molecular weight is 245 g/mol. The van der Waals surface area contributed by atoms with Crippen LogP contribution in [0.4, 0.5) is 0 Å². The number of carbonyl (C=O) groups excluding carboxylic acids is 1. The molecule has 2 heterocycles. The van der Waals surface area contributed by atoms with Gasteiger partial charge in [-0.15, -0.1) is 0 Å². The van der Waals surface area contributed by atoms with Crippen LogP contribution in [-0.2, 0) is 4.79 Å². The number of fused-ring (bicyclic) bond motifs is 4. The Hall–Kier alpha value is -1.51. The highest BCUT2D eigenvalue weighted by Crippen LogP contribution is 2.51. The second-order valence-corrected chi connectivity index (χ2v) is 5.39. The summed E-state index contributed by atoms with van der Waals surface area (Å²) in [4.78, 5) is 14.0. The second-order valence-electron chi connectivity index (χ2n) is 5.39. The molecule has 0 radical (unpaired) electrons. The molecule has 1 aromatic rings. The fourth-order valence-electron chi connectivity index (χ4n) is 3.57. The third-order valence-electron chi connectivity index (χ3n) is 4.76. The number of nitrogens with zero attached hydrogens (tertiary/aromatic N) is 1. The summed E-state index contributed by atoms with van der Waals surface area (Å²) in [6.07, 6.45) is 1.42. The monoisotopic (exact) mass is 245 g/mol. The molecule has 0 saturated carbocycles. The Kier molecular flexibility index (Phi) is 2.40. The fourth-order valence-corrected chi connectivity index (χ4v) is 3.57. The predicted octanol–water partition coefficient (Wildman–Crippen LogP) is 2.77. The molecule has 2 aliphatic rings. The summed E-state index contributed by atoms with van der Waals surface area (Å²) < 4.78 is 6.24. The minimum atomic E-state index is -0.464. The van der Waals surface area contributed by atoms with Crippen molar-refractivity contribution < 1.29 is 9.53 Å². The van der Waals surface area contributed by atoms with E-state index in [4.69, 9.17) is 4.74 Å². The van der Waals surface area contributed by atoms with Crippen LogP contribution >= 0.6 is 0 Å². The van der Waals surface area contributed by atoms with Gasteiger partial charge in [0.05, 0.1) is 0 Å². The van der Waals surface area contributed by atoms with Gasteiger partial charge in [0.2, 0.25) is 5.91 Å². The van der Waals surface area contributed by atoms with Crippen LogP contribution in [0.1, 0.15) is 38.2 Å². The molecule has 1 aromatic carbocycles. The first kappa shape index (κ1) is 11.6. The van der Waals surface area contributed by atoms with Crippen LogP contribution in [0, 0.1) is 5.92 Å². The Labute approximate surface area is 108 Å². The van der Waals surface area contributed by atoms with Gasteiger partial charge >= 0.3 is 0 Å². The highest BCUT2D eigenvalue weighted by atomic mass is 16.5. The van der Waals surface area contributed by atoms with Crippen molar-refractivity contribution >= 4 is 5.91 Å². The number of hydrogen-bond acceptors (Lipinski definition) is 2. The molecule has 3 unspecified atom stereocenters. The zero-order chi connectivity index (χ0) is 12.9. The third kappa shape index (κ3) is 1.27. The van der Waals surface area contributed by atoms with Gasteiger partial charge in [-0.2, -0.15) is 0 Å². The van der Waals surface area contributed by atoms with E-state index in [9.17, 15) is 4.79 Å². The first-order valence-electron chi connectivity index (χ1n) is 6.64. The van der Waals surface area contributed by atoms with Crippen molar-refractivity contribution in [3.63, 3.8) is 0 Å². The van der Waals surface area contributed by atoms with Crippen LogP contribution in [0.2, 0.25) is 0 Å². The lowest BCUT2D eigenvalue weighted by molar-refractivity contribution is -0.180. The number of benzene rings is 1. The minimum absolute atomic E-state index is 0.189. The van der Waals surface area contributed by atoms with Gasteiger partial charge in [-0.1, -0.05) is 32.0 Å². The number of carbonyl (C=O) groups is 1. The largest absolute Gasteiger partial charge is 0.467 e. The summed E-state index contributed by atoms with van der Waals surface area (Å²) in [7, 11) is 1.87. The zero-order valence-electron chi connectivity index (χ0n) is 11.1. The molecule has 1 fully saturated rings. The van der Waals surface area contributed by atoms with Gasteiger partial charge in [0.15, 0.2) is 5.72 Å². The first-order chi connectivity index (χ1) is 8.60. The molecule has 1 amide bonds. The highest BCUT2D eigenvalue weighted by Gasteiger charge is 2.54. The quantitative estimate of drug-likeness (QED) is 0.761. The van der Waals surface area contributed by atoms with Crippen LogP contribution in [0.15, 0.2) is 24.3 Å². The van der Waals surface area contributed by atoms with Gasteiger partial charge in [0.1, 0.15) is 5.75 Å². The van der Waals surface area contributed by atoms with Crippen LogP contribution in [0.5, 0.6) is 5.75 Å². The standard InChI is InChI=1S/C15H19NO2/c1-4-15-10(2)12(9-14(17)16(15)3)11-7-5-6-8-13(11)18-15/h5-8,10,12H,4,9H2,1-3H3. The first-order valence-corrected chi connectivity index (χ1v) is 6.64. The maximum atomic E-state index is 12.2. The van der Waals surface area contributed by atoms with E-state index in [1.54, 1.807) is 0 Å². The number of rotatable bonds is 1. The molecule has 18 heavy (non-hydrogen) atoms. The van der Waals surface area contributed by atoms with Gasteiger partial charge < -0.3 is 9.64 Å². The average Bonchev–Trinajstić information content (AvgIpc) is 2.39. The maximum absolute atomic E-state index is 12.2. The molecule has 2 aliphatic heterocycles. The fraction of sp³-hybridized carbons (Fsp3) is 0.533. The summed E-state index contributed by atoms with van der Waals surface area (Å²) in [6, 6.07) is 8.13. The number of hydrogen-bond donors (Lipinski definition) is 0. The van der Waals surface area contributed by atoms with Crippen molar-refractivity contribution in [1.82, 2.24) is 4.90 Å². The second kappa shape index (κ2) is 3.74. The van der Waals surface area contributed by atoms with Crippen LogP contribution in [0.25, 0.3) is 0 Å². The van der Waals surface area contributed by atoms with Crippen LogP contribution in [-0.4, -0.2) is 23.6 Å². The van der Waals surface area contributed by atoms with E-state index in [0.717, 1.165) is 12.2 Å². The van der Waals surface area contributed by atoms with Crippen molar-refractivity contribution in [3.8, 4) is 5.75 Å². The lowest BCUT2D eigenvalue weighted by Crippen LogP contribution is -2.64. The molecule has 3 heteroatoms. The van der Waals surface area contributed by atoms with Gasteiger partial charge in [-0.05, 0) is 11.6 Å². The lowest BCUT2D eigenvalue weighted by atomic mass is 9.71. The van der Waals surface area contributed by atoms with E-state index in [2.05, 4.69) is 19.9 Å². The molecule has 0 aliphatic carbocycles. The number of piperidine rings is 1. The Morgan fingerprint density at radius 2 is 2.17 bits per heavy atom. The van der Waals surface area contributed by atoms with Crippen LogP contribution in [0.3, 0.4) is 0 Å². The minimum Gasteiger partial charge on any atom is -0.467 e. The van der Waals surface area contributed by atoms with Crippen molar-refractivity contribution in [2.45, 2.75) is 38.3 Å². The van der Waals surface area contributed by atoms with Crippen molar-refractivity contribution in [2.24, 2.45) is 5.92 Å². The summed E-state index contributed by atoms with van der Waals surface area (Å²) in [5.74, 6) is 1.76. The van der Waals surface area contributed by atoms with E-state index >= 15 is 0 Å². The van der Waals surface area contributed by atoms with E-state index < -0.39 is 5.72 Å². The van der Waals surface area contributed by atoms with E-state index in [1.165, 1.54) is 5.56 Å². The van der Waals surface area contributed by atoms with Crippen molar-refractivity contribution in [2.75, 3.05) is 7.05 Å². The summed E-state index contributed by atoms with van der Waals surface area (Å²) >= 11 is 0. The molecule has 0 spiro atoms. The van der Waals surface area contributed by atoms with E-state index in [0.29, 0.717) is 18.3 Å². The SMILES string of the molecule is CCC12Oc3ccccc3C(CC(=O)N1C)C2C. The molecule has 96 valence electrons. The number of amides is 1. The molecule has 3 nitrogen and oxygen atoms in total. The molecular weight excluding hydrogens is 226 g/mol. The molecular formula is C15H19NO2. The summed E-state index contributed by atoms with van der Waals surface area (Å²) in [5.41, 5.74) is 0.726. The topological polar surface area (TPSA) is 29.5 Å². The molecule has 3 rings (SSSR count). The van der Waals surface area contributed by atoms with Crippen molar-refractivity contribution in [3.05, 3.63) is 29.8 Å². The maximum Gasteiger partial charge on any atom is 0.226 e.